The molecule has 0 radical (unpaired) electrons. The molecule has 1 aromatic heterocycles. The summed E-state index contributed by atoms with van der Waals surface area (Å²) in [7, 11) is 0. The minimum absolute atomic E-state index is 0. The van der Waals surface area contributed by atoms with Crippen LogP contribution in [0.25, 0.3) is 0 Å². The number of nitrogens with one attached hydrogen (secondary N) is 1. The fourth-order valence-electron chi connectivity index (χ4n) is 0.373. The van der Waals surface area contributed by atoms with Crippen molar-refractivity contribution >= 4 is 12.2 Å². The van der Waals surface area contributed by atoms with Crippen molar-refractivity contribution in [1.29, 1.82) is 0 Å². The molecule has 0 saturated carbocycles. The van der Waals surface area contributed by atoms with Gasteiger partial charge in [-0.3, -0.25) is 0 Å². The minimum Gasteiger partial charge on any atom is -0.458 e. The average molecular weight is 363 g/mol. The van der Waals surface area contributed by atoms with E-state index in [1.54, 1.807) is 6.20 Å². The Morgan fingerprint density at radius 3 is 2.78 bits per heavy atom. The fraction of sp³-hybridized carbons (Fsp3) is 0.200. The van der Waals surface area contributed by atoms with E-state index in [0.717, 1.165) is 5.56 Å². The molecule has 0 aliphatic rings. The molecule has 0 aromatic carbocycles. The van der Waals surface area contributed by atoms with E-state index in [9.17, 15) is 0 Å². The van der Waals surface area contributed by atoms with Crippen LogP contribution in [0.4, 0.5) is 0 Å². The normalized spacial score (nSPS) is 8.11. The molecule has 0 unspecified atom stereocenters. The quantitative estimate of drug-likeness (QED) is 0.555. The smallest absolute Gasteiger partial charge is 0.458 e. The van der Waals surface area contributed by atoms with Crippen molar-refractivity contribution in [2.45, 2.75) is 6.92 Å². The summed E-state index contributed by atoms with van der Waals surface area (Å²) >= 11 is 4.79. The molecule has 9 heavy (non-hydrogen) atoms. The first-order chi connectivity index (χ1) is 3.80. The van der Waals surface area contributed by atoms with Gasteiger partial charge < -0.3 is 9.97 Å². The van der Waals surface area contributed by atoms with Gasteiger partial charge in [0.2, 0.25) is 0 Å². The fourth-order valence-corrected chi connectivity index (χ4v) is 0.478. The number of aromatic nitrogens is 2. The SMILES string of the molecule is Cc1c[nH][c-]nc1=S.[U+2]. The Morgan fingerprint density at radius 1 is 1.78 bits per heavy atom. The van der Waals surface area contributed by atoms with Crippen molar-refractivity contribution in [1.82, 2.24) is 9.97 Å². The van der Waals surface area contributed by atoms with Crippen molar-refractivity contribution in [3.63, 3.8) is 0 Å². The molecule has 0 amide bonds. The van der Waals surface area contributed by atoms with Crippen LogP contribution >= 0.6 is 12.2 Å². The van der Waals surface area contributed by atoms with Gasteiger partial charge in [0, 0.05) is 11.0 Å². The van der Waals surface area contributed by atoms with Gasteiger partial charge in [-0.15, -0.1) is 24.0 Å². The van der Waals surface area contributed by atoms with Gasteiger partial charge in [0.25, 0.3) is 0 Å². The van der Waals surface area contributed by atoms with Crippen LogP contribution in [-0.2, 0) is 0 Å². The summed E-state index contributed by atoms with van der Waals surface area (Å²) in [5.74, 6) is 0. The van der Waals surface area contributed by atoms with E-state index in [-0.39, 0.29) is 31.1 Å². The maximum Gasteiger partial charge on any atom is 2.00 e. The zero-order chi connectivity index (χ0) is 5.98. The first-order valence-corrected chi connectivity index (χ1v) is 2.64. The molecular formula is C5H5N2SU+. The monoisotopic (exact) mass is 363 g/mol. The second-order valence-electron chi connectivity index (χ2n) is 1.50. The number of rotatable bonds is 0. The van der Waals surface area contributed by atoms with Crippen LogP contribution in [-0.4, -0.2) is 9.97 Å². The number of hydrogen-bond acceptors (Lipinski definition) is 2. The van der Waals surface area contributed by atoms with Crippen LogP contribution in [0.15, 0.2) is 6.20 Å². The topological polar surface area (TPSA) is 28.7 Å². The van der Waals surface area contributed by atoms with Crippen LogP contribution in [0.1, 0.15) is 5.56 Å². The van der Waals surface area contributed by atoms with E-state index in [2.05, 4.69) is 16.3 Å². The number of aryl methyl sites for hydroxylation is 1. The zero-order valence-electron chi connectivity index (χ0n) is 4.93. The van der Waals surface area contributed by atoms with Crippen molar-refractivity contribution in [3.8, 4) is 0 Å². The molecule has 1 heterocycles. The Labute approximate surface area is 82.5 Å². The minimum atomic E-state index is 0. The van der Waals surface area contributed by atoms with Gasteiger partial charge in [0.15, 0.2) is 0 Å². The van der Waals surface area contributed by atoms with E-state index in [0.29, 0.717) is 4.64 Å². The second kappa shape index (κ2) is 4.21. The number of nitrogens with zero attached hydrogens (tertiary/aromatic N) is 1. The Kier molecular flexibility index (Phi) is 4.38. The molecule has 0 spiro atoms. The Hall–Kier alpha value is 0.352. The van der Waals surface area contributed by atoms with Crippen LogP contribution < -0.4 is 0 Å². The summed E-state index contributed by atoms with van der Waals surface area (Å²) in [6.45, 7) is 1.90. The van der Waals surface area contributed by atoms with Crippen LogP contribution in [0, 0.1) is 49.0 Å². The zero-order valence-corrected chi connectivity index (χ0v) is 9.91. The molecule has 0 aliphatic heterocycles. The molecule has 44 valence electrons. The van der Waals surface area contributed by atoms with E-state index >= 15 is 0 Å². The summed E-state index contributed by atoms with van der Waals surface area (Å²) in [5.41, 5.74) is 0.985. The number of hydrogen-bond donors (Lipinski definition) is 1. The Bertz CT molecular complexity index is 232. The summed E-state index contributed by atoms with van der Waals surface area (Å²) in [6, 6.07) is 0. The van der Waals surface area contributed by atoms with Crippen molar-refractivity contribution < 1.29 is 31.1 Å². The van der Waals surface area contributed by atoms with Crippen molar-refractivity contribution in [2.75, 3.05) is 0 Å². The third kappa shape index (κ3) is 2.61. The van der Waals surface area contributed by atoms with Gasteiger partial charge in [-0.2, -0.15) is 0 Å². The third-order valence-electron chi connectivity index (χ3n) is 0.848. The number of H-pyrrole nitrogens is 1. The van der Waals surface area contributed by atoms with E-state index in [1.165, 1.54) is 0 Å². The summed E-state index contributed by atoms with van der Waals surface area (Å²) in [4.78, 5) is 6.41. The largest absolute Gasteiger partial charge is 2.00 e. The molecule has 0 aliphatic carbocycles. The Balaban J connectivity index is 0.000000640. The van der Waals surface area contributed by atoms with E-state index in [4.69, 9.17) is 12.2 Å². The van der Waals surface area contributed by atoms with Crippen LogP contribution in [0.2, 0.25) is 0 Å². The van der Waals surface area contributed by atoms with Gasteiger partial charge in [-0.1, -0.05) is 6.92 Å². The molecule has 2 nitrogen and oxygen atoms in total. The third-order valence-corrected chi connectivity index (χ3v) is 1.26. The predicted molar refractivity (Wildman–Crippen MR) is 33.0 cm³/mol. The molecular weight excluding hydrogens is 358 g/mol. The van der Waals surface area contributed by atoms with E-state index in [1.807, 2.05) is 6.92 Å². The number of aromatic amines is 1. The van der Waals surface area contributed by atoms with Crippen LogP contribution in [0.5, 0.6) is 0 Å². The summed E-state index contributed by atoms with van der Waals surface area (Å²) < 4.78 is 0.615. The maximum absolute atomic E-state index is 4.79. The Morgan fingerprint density at radius 2 is 2.44 bits per heavy atom. The van der Waals surface area contributed by atoms with Gasteiger partial charge in [-0.05, 0) is 0 Å². The second-order valence-corrected chi connectivity index (χ2v) is 1.89. The molecule has 0 fully saturated rings. The molecule has 1 rings (SSSR count). The first kappa shape index (κ1) is 9.35. The first-order valence-electron chi connectivity index (χ1n) is 2.23. The van der Waals surface area contributed by atoms with E-state index < -0.39 is 0 Å². The van der Waals surface area contributed by atoms with Crippen molar-refractivity contribution in [2.24, 2.45) is 0 Å². The van der Waals surface area contributed by atoms with Gasteiger partial charge in [-0.25, -0.2) is 0 Å². The van der Waals surface area contributed by atoms with Gasteiger partial charge in [0.05, 0.1) is 0 Å². The standard InChI is InChI=1S/C5H5N2S.U/c1-4-2-6-3-7-5(4)8;/h2H,1H3,(H,6,7,8);/q-1;+2. The summed E-state index contributed by atoms with van der Waals surface area (Å²) in [5, 5.41) is 0. The molecule has 0 bridgehead atoms. The van der Waals surface area contributed by atoms with Crippen molar-refractivity contribution in [3.05, 3.63) is 22.7 Å². The predicted octanol–water partition coefficient (Wildman–Crippen LogP) is 1.25. The average Bonchev–Trinajstić information content (AvgIpc) is 1.77. The molecule has 4 heteroatoms. The van der Waals surface area contributed by atoms with Crippen LogP contribution in [0.3, 0.4) is 0 Å². The maximum atomic E-state index is 4.79. The molecule has 0 atom stereocenters. The molecule has 1 N–H and O–H groups in total. The summed E-state index contributed by atoms with van der Waals surface area (Å²) in [6.07, 6.45) is 4.30. The molecule has 0 saturated heterocycles. The molecule has 1 aromatic rings. The van der Waals surface area contributed by atoms with Gasteiger partial charge >= 0.3 is 31.1 Å². The van der Waals surface area contributed by atoms with Gasteiger partial charge in [0.1, 0.15) is 0 Å².